The van der Waals surface area contributed by atoms with Crippen molar-refractivity contribution in [2.24, 2.45) is 0 Å². The van der Waals surface area contributed by atoms with Gasteiger partial charge in [0.2, 0.25) is 0 Å². The molecule has 0 amide bonds. The van der Waals surface area contributed by atoms with Crippen LogP contribution in [-0.4, -0.2) is 25.4 Å². The lowest BCUT2D eigenvalue weighted by Crippen LogP contribution is -2.41. The van der Waals surface area contributed by atoms with Gasteiger partial charge in [-0.15, -0.1) is 0 Å². The summed E-state index contributed by atoms with van der Waals surface area (Å²) in [5, 5.41) is 0. The van der Waals surface area contributed by atoms with Crippen molar-refractivity contribution in [3.05, 3.63) is 71.8 Å². The largest absolute Gasteiger partial charge is 0.497 e. The van der Waals surface area contributed by atoms with Crippen molar-refractivity contribution >= 4 is 12.7 Å². The highest BCUT2D eigenvalue weighted by molar-refractivity contribution is 6.45. The number of rotatable bonds is 6. The van der Waals surface area contributed by atoms with Crippen molar-refractivity contribution in [2.75, 3.05) is 7.11 Å². The Hall–Kier alpha value is -2.04. The minimum atomic E-state index is -0.319. The van der Waals surface area contributed by atoms with Crippen LogP contribution in [-0.2, 0) is 9.31 Å². The summed E-state index contributed by atoms with van der Waals surface area (Å²) >= 11 is 0. The number of hydrogen-bond donors (Lipinski definition) is 0. The Labute approximate surface area is 169 Å². The van der Waals surface area contributed by atoms with Gasteiger partial charge in [-0.25, -0.2) is 0 Å². The molecule has 3 nitrogen and oxygen atoms in total. The van der Waals surface area contributed by atoms with Gasteiger partial charge in [0.15, 0.2) is 0 Å². The van der Waals surface area contributed by atoms with Gasteiger partial charge >= 0.3 is 7.12 Å². The minimum Gasteiger partial charge on any atom is -0.497 e. The molecule has 3 rings (SSSR count). The highest BCUT2D eigenvalue weighted by Crippen LogP contribution is 2.40. The van der Waals surface area contributed by atoms with Crippen LogP contribution in [0.2, 0.25) is 6.32 Å². The summed E-state index contributed by atoms with van der Waals surface area (Å²) in [6.07, 6.45) is 3.09. The molecule has 1 heterocycles. The lowest BCUT2D eigenvalue weighted by Gasteiger charge is -2.32. The van der Waals surface area contributed by atoms with Gasteiger partial charge in [-0.2, -0.15) is 0 Å². The molecule has 0 bridgehead atoms. The molecule has 0 aliphatic carbocycles. The molecule has 1 atom stereocenters. The molecule has 148 valence electrons. The fourth-order valence-corrected chi connectivity index (χ4v) is 3.52. The molecule has 0 N–H and O–H groups in total. The first-order chi connectivity index (χ1) is 13.2. The standard InChI is InChI=1S/C24H31BO3/c1-18(19-10-8-7-9-11-19)16-21(20-12-14-22(26-6)15-13-20)17-25-27-23(2,3)24(4,5)28-25/h7-16,21H,17H2,1-6H3/b18-16+/t21-/m1/s1. The normalized spacial score (nSPS) is 19.5. The number of allylic oxidation sites excluding steroid dienone is 2. The quantitative estimate of drug-likeness (QED) is 0.579. The summed E-state index contributed by atoms with van der Waals surface area (Å²) in [6, 6.07) is 18.8. The smallest absolute Gasteiger partial charge is 0.458 e. The van der Waals surface area contributed by atoms with E-state index in [0.29, 0.717) is 0 Å². The van der Waals surface area contributed by atoms with E-state index in [4.69, 9.17) is 14.0 Å². The van der Waals surface area contributed by atoms with Crippen LogP contribution >= 0.6 is 0 Å². The Bertz CT molecular complexity index is 794. The van der Waals surface area contributed by atoms with Gasteiger partial charge in [0.25, 0.3) is 0 Å². The van der Waals surface area contributed by atoms with Crippen molar-refractivity contribution in [3.63, 3.8) is 0 Å². The SMILES string of the molecule is COc1ccc([C@H](/C=C(\C)c2ccccc2)CB2OC(C)(C)C(C)(C)O2)cc1. The first-order valence-corrected chi connectivity index (χ1v) is 9.95. The number of methoxy groups -OCH3 is 1. The van der Waals surface area contributed by atoms with Gasteiger partial charge in [-0.1, -0.05) is 48.5 Å². The maximum atomic E-state index is 6.27. The second-order valence-corrected chi connectivity index (χ2v) is 8.52. The van der Waals surface area contributed by atoms with Gasteiger partial charge in [0, 0.05) is 5.92 Å². The first-order valence-electron chi connectivity index (χ1n) is 9.95. The van der Waals surface area contributed by atoms with Crippen LogP contribution in [0.3, 0.4) is 0 Å². The molecule has 1 fully saturated rings. The molecule has 28 heavy (non-hydrogen) atoms. The third kappa shape index (κ3) is 4.51. The third-order valence-electron chi connectivity index (χ3n) is 5.97. The summed E-state index contributed by atoms with van der Waals surface area (Å²) < 4.78 is 17.9. The van der Waals surface area contributed by atoms with Gasteiger partial charge in [-0.05, 0) is 69.8 Å². The van der Waals surface area contributed by atoms with E-state index in [2.05, 4.69) is 77.1 Å². The van der Waals surface area contributed by atoms with E-state index in [-0.39, 0.29) is 24.2 Å². The number of hydrogen-bond acceptors (Lipinski definition) is 3. The predicted molar refractivity (Wildman–Crippen MR) is 117 cm³/mol. The molecule has 2 aromatic rings. The summed E-state index contributed by atoms with van der Waals surface area (Å²) in [7, 11) is 1.45. The predicted octanol–water partition coefficient (Wildman–Crippen LogP) is 5.97. The molecule has 0 spiro atoms. The topological polar surface area (TPSA) is 27.7 Å². The molecule has 0 unspecified atom stereocenters. The Morgan fingerprint density at radius 1 is 0.964 bits per heavy atom. The Balaban J connectivity index is 1.88. The highest BCUT2D eigenvalue weighted by Gasteiger charge is 2.51. The molecule has 2 aromatic carbocycles. The van der Waals surface area contributed by atoms with E-state index in [0.717, 1.165) is 12.1 Å². The summed E-state index contributed by atoms with van der Waals surface area (Å²) in [4.78, 5) is 0. The number of benzene rings is 2. The zero-order chi connectivity index (χ0) is 20.4. The van der Waals surface area contributed by atoms with E-state index in [1.54, 1.807) is 7.11 Å². The van der Waals surface area contributed by atoms with Gasteiger partial charge in [0.1, 0.15) is 5.75 Å². The van der Waals surface area contributed by atoms with Gasteiger partial charge < -0.3 is 14.0 Å². The zero-order valence-electron chi connectivity index (χ0n) is 17.9. The van der Waals surface area contributed by atoms with Crippen LogP contribution < -0.4 is 4.74 Å². The highest BCUT2D eigenvalue weighted by atomic mass is 16.7. The van der Waals surface area contributed by atoms with Crippen LogP contribution in [0.15, 0.2) is 60.7 Å². The fourth-order valence-electron chi connectivity index (χ4n) is 3.52. The molecule has 4 heteroatoms. The van der Waals surface area contributed by atoms with Crippen LogP contribution in [0.4, 0.5) is 0 Å². The molecule has 0 saturated carbocycles. The molecule has 0 radical (unpaired) electrons. The fraction of sp³-hybridized carbons (Fsp3) is 0.417. The molecule has 1 aliphatic rings. The molecule has 1 aliphatic heterocycles. The van der Waals surface area contributed by atoms with E-state index in [1.807, 2.05) is 18.2 Å². The Kier molecular flexibility index (Phi) is 6.02. The molecular formula is C24H31BO3. The number of ether oxygens (including phenoxy) is 1. The lowest BCUT2D eigenvalue weighted by molar-refractivity contribution is 0.00578. The van der Waals surface area contributed by atoms with Crippen LogP contribution in [0.25, 0.3) is 5.57 Å². The summed E-state index contributed by atoms with van der Waals surface area (Å²) in [5.41, 5.74) is 3.07. The van der Waals surface area contributed by atoms with Crippen molar-refractivity contribution < 1.29 is 14.0 Å². The van der Waals surface area contributed by atoms with Gasteiger partial charge in [0.05, 0.1) is 18.3 Å². The van der Waals surface area contributed by atoms with Crippen molar-refractivity contribution in [1.29, 1.82) is 0 Å². The maximum absolute atomic E-state index is 6.27. The molecule has 0 aromatic heterocycles. The van der Waals surface area contributed by atoms with Crippen LogP contribution in [0, 0.1) is 0 Å². The zero-order valence-corrected chi connectivity index (χ0v) is 17.9. The first kappa shape index (κ1) is 20.7. The van der Waals surface area contributed by atoms with Crippen LogP contribution in [0.1, 0.15) is 51.7 Å². The maximum Gasteiger partial charge on any atom is 0.458 e. The minimum absolute atomic E-state index is 0.181. The Morgan fingerprint density at radius 3 is 2.07 bits per heavy atom. The monoisotopic (exact) mass is 378 g/mol. The lowest BCUT2D eigenvalue weighted by atomic mass is 9.74. The second kappa shape index (κ2) is 8.14. The molecular weight excluding hydrogens is 347 g/mol. The average Bonchev–Trinajstić information content (AvgIpc) is 2.88. The van der Waals surface area contributed by atoms with E-state index >= 15 is 0 Å². The van der Waals surface area contributed by atoms with E-state index in [1.165, 1.54) is 16.7 Å². The Morgan fingerprint density at radius 2 is 1.54 bits per heavy atom. The summed E-state index contributed by atoms with van der Waals surface area (Å²) in [5.74, 6) is 1.04. The van der Waals surface area contributed by atoms with Crippen LogP contribution in [0.5, 0.6) is 5.75 Å². The average molecular weight is 378 g/mol. The van der Waals surface area contributed by atoms with E-state index < -0.39 is 0 Å². The summed E-state index contributed by atoms with van der Waals surface area (Å²) in [6.45, 7) is 10.6. The molecule has 1 saturated heterocycles. The van der Waals surface area contributed by atoms with Crippen molar-refractivity contribution in [1.82, 2.24) is 0 Å². The van der Waals surface area contributed by atoms with Crippen molar-refractivity contribution in [3.8, 4) is 5.75 Å². The van der Waals surface area contributed by atoms with Gasteiger partial charge in [-0.3, -0.25) is 0 Å². The third-order valence-corrected chi connectivity index (χ3v) is 5.97. The van der Waals surface area contributed by atoms with Crippen molar-refractivity contribution in [2.45, 2.75) is 58.1 Å². The van der Waals surface area contributed by atoms with E-state index in [9.17, 15) is 0 Å². The second-order valence-electron chi connectivity index (χ2n) is 8.52.